The van der Waals surface area contributed by atoms with Crippen molar-refractivity contribution in [2.45, 2.75) is 72.1 Å². The summed E-state index contributed by atoms with van der Waals surface area (Å²) in [5, 5.41) is 4.62. The van der Waals surface area contributed by atoms with Gasteiger partial charge in [-0.15, -0.1) is 0 Å². The molecule has 0 saturated carbocycles. The molecule has 2 heteroatoms. The highest BCUT2D eigenvalue weighted by molar-refractivity contribution is 6.11. The highest BCUT2D eigenvalue weighted by atomic mass is 16.5. The molecule has 0 aromatic heterocycles. The van der Waals surface area contributed by atoms with Gasteiger partial charge in [-0.25, -0.2) is 0 Å². The van der Waals surface area contributed by atoms with Gasteiger partial charge < -0.3 is 9.47 Å². The molecule has 0 atom stereocenters. The van der Waals surface area contributed by atoms with E-state index in [1.54, 1.807) is 0 Å². The van der Waals surface area contributed by atoms with Crippen molar-refractivity contribution in [2.75, 3.05) is 13.2 Å². The van der Waals surface area contributed by atoms with Crippen molar-refractivity contribution < 1.29 is 9.47 Å². The van der Waals surface area contributed by atoms with Crippen LogP contribution in [0.5, 0.6) is 11.5 Å². The number of ether oxygens (including phenoxy) is 2. The molecule has 0 unspecified atom stereocenters. The number of hydrogen-bond donors (Lipinski definition) is 0. The lowest BCUT2D eigenvalue weighted by molar-refractivity contribution is 0.311. The largest absolute Gasteiger partial charge is 0.492 e. The summed E-state index contributed by atoms with van der Waals surface area (Å²) >= 11 is 0. The Morgan fingerprint density at radius 3 is 1.72 bits per heavy atom. The second-order valence-electron chi connectivity index (χ2n) is 8.61. The number of rotatable bonds is 10. The van der Waals surface area contributed by atoms with Crippen LogP contribution < -0.4 is 9.47 Å². The maximum Gasteiger partial charge on any atom is 0.135 e. The monoisotopic (exact) mass is 392 g/mol. The Hall–Kier alpha value is -2.22. The van der Waals surface area contributed by atoms with Crippen molar-refractivity contribution in [3.05, 3.63) is 48.0 Å². The lowest BCUT2D eigenvalue weighted by Crippen LogP contribution is -2.15. The molecular formula is C27H36O2. The van der Waals surface area contributed by atoms with Gasteiger partial charge in [0.05, 0.1) is 13.2 Å². The van der Waals surface area contributed by atoms with Crippen molar-refractivity contribution >= 4 is 21.5 Å². The van der Waals surface area contributed by atoms with Gasteiger partial charge in [-0.2, -0.15) is 0 Å². The summed E-state index contributed by atoms with van der Waals surface area (Å²) in [6.07, 6.45) is 5.47. The highest BCUT2D eigenvalue weighted by Gasteiger charge is 2.22. The Kier molecular flexibility index (Phi) is 7.05. The fraction of sp³-hybridized carbons (Fsp3) is 0.481. The minimum Gasteiger partial charge on any atom is -0.492 e. The Morgan fingerprint density at radius 1 is 0.690 bits per heavy atom. The first-order chi connectivity index (χ1) is 14.0. The topological polar surface area (TPSA) is 18.5 Å². The predicted molar refractivity (Wildman–Crippen MR) is 126 cm³/mol. The fourth-order valence-corrected chi connectivity index (χ4v) is 3.67. The van der Waals surface area contributed by atoms with Gasteiger partial charge in [0.1, 0.15) is 11.5 Å². The van der Waals surface area contributed by atoms with Gasteiger partial charge in [0, 0.05) is 21.5 Å². The van der Waals surface area contributed by atoms with Crippen LogP contribution in [0.1, 0.15) is 72.3 Å². The quantitative estimate of drug-likeness (QED) is 0.257. The molecular weight excluding hydrogens is 356 g/mol. The third-order valence-electron chi connectivity index (χ3n) is 6.08. The van der Waals surface area contributed by atoms with E-state index in [1.807, 2.05) is 0 Å². The summed E-state index contributed by atoms with van der Waals surface area (Å²) in [5.41, 5.74) is 1.48. The predicted octanol–water partition coefficient (Wildman–Crippen LogP) is 8.04. The van der Waals surface area contributed by atoms with Crippen LogP contribution in [0.4, 0.5) is 0 Å². The molecule has 0 aliphatic carbocycles. The molecule has 0 aliphatic rings. The zero-order valence-corrected chi connectivity index (χ0v) is 18.8. The lowest BCUT2D eigenvalue weighted by atomic mass is 9.81. The first-order valence-corrected chi connectivity index (χ1v) is 11.3. The second-order valence-corrected chi connectivity index (χ2v) is 8.61. The van der Waals surface area contributed by atoms with Crippen molar-refractivity contribution in [3.8, 4) is 11.5 Å². The third kappa shape index (κ3) is 4.52. The molecule has 0 saturated heterocycles. The average molecular weight is 393 g/mol. The SMILES string of the molecule is CCCCOc1c2ccccc2c(OCCCC)c2cc(C(C)(C)CC)ccc12. The lowest BCUT2D eigenvalue weighted by Gasteiger charge is -2.25. The summed E-state index contributed by atoms with van der Waals surface area (Å²) < 4.78 is 12.7. The first-order valence-electron chi connectivity index (χ1n) is 11.3. The van der Waals surface area contributed by atoms with E-state index in [-0.39, 0.29) is 5.41 Å². The molecule has 0 N–H and O–H groups in total. The first kappa shape index (κ1) is 21.5. The van der Waals surface area contributed by atoms with E-state index in [1.165, 1.54) is 10.9 Å². The van der Waals surface area contributed by atoms with Gasteiger partial charge in [-0.05, 0) is 36.3 Å². The Bertz CT molecular complexity index is 956. The van der Waals surface area contributed by atoms with Crippen LogP contribution in [0.25, 0.3) is 21.5 Å². The third-order valence-corrected chi connectivity index (χ3v) is 6.08. The summed E-state index contributed by atoms with van der Waals surface area (Å²) in [6.45, 7) is 12.8. The Labute approximate surface area is 176 Å². The van der Waals surface area contributed by atoms with E-state index in [4.69, 9.17) is 9.47 Å². The van der Waals surface area contributed by atoms with Crippen LogP contribution in [0.15, 0.2) is 42.5 Å². The van der Waals surface area contributed by atoms with Gasteiger partial charge >= 0.3 is 0 Å². The van der Waals surface area contributed by atoms with Crippen molar-refractivity contribution in [2.24, 2.45) is 0 Å². The van der Waals surface area contributed by atoms with Crippen LogP contribution >= 0.6 is 0 Å². The molecule has 0 spiro atoms. The van der Waals surface area contributed by atoms with E-state index >= 15 is 0 Å². The molecule has 0 fully saturated rings. The molecule has 29 heavy (non-hydrogen) atoms. The molecule has 2 nitrogen and oxygen atoms in total. The summed E-state index contributed by atoms with van der Waals surface area (Å²) in [7, 11) is 0. The van der Waals surface area contributed by atoms with Gasteiger partial charge in [0.25, 0.3) is 0 Å². The number of unbranched alkanes of at least 4 members (excludes halogenated alkanes) is 2. The average Bonchev–Trinajstić information content (AvgIpc) is 2.74. The van der Waals surface area contributed by atoms with Gasteiger partial charge in [0.15, 0.2) is 0 Å². The maximum absolute atomic E-state index is 6.40. The molecule has 0 amide bonds. The molecule has 0 radical (unpaired) electrons. The van der Waals surface area contributed by atoms with E-state index in [0.717, 1.165) is 73.0 Å². The van der Waals surface area contributed by atoms with Gasteiger partial charge in [-0.1, -0.05) is 83.9 Å². The van der Waals surface area contributed by atoms with E-state index in [0.29, 0.717) is 0 Å². The van der Waals surface area contributed by atoms with Crippen LogP contribution in [-0.2, 0) is 5.41 Å². The summed E-state index contributed by atoms with van der Waals surface area (Å²) in [5.74, 6) is 1.99. The molecule has 0 heterocycles. The summed E-state index contributed by atoms with van der Waals surface area (Å²) in [4.78, 5) is 0. The van der Waals surface area contributed by atoms with E-state index in [2.05, 4.69) is 77.1 Å². The van der Waals surface area contributed by atoms with Crippen LogP contribution in [0, 0.1) is 0 Å². The zero-order valence-electron chi connectivity index (χ0n) is 18.8. The molecule has 3 rings (SSSR count). The Morgan fingerprint density at radius 2 is 1.21 bits per heavy atom. The van der Waals surface area contributed by atoms with Gasteiger partial charge in [0.2, 0.25) is 0 Å². The number of fused-ring (bicyclic) bond motifs is 2. The smallest absolute Gasteiger partial charge is 0.135 e. The maximum atomic E-state index is 6.40. The zero-order chi connectivity index (χ0) is 20.9. The molecule has 156 valence electrons. The summed E-state index contributed by atoms with van der Waals surface area (Å²) in [6, 6.07) is 15.3. The van der Waals surface area contributed by atoms with Crippen LogP contribution in [-0.4, -0.2) is 13.2 Å². The van der Waals surface area contributed by atoms with E-state index in [9.17, 15) is 0 Å². The van der Waals surface area contributed by atoms with Crippen molar-refractivity contribution in [3.63, 3.8) is 0 Å². The standard InChI is InChI=1S/C27H36O2/c1-6-9-17-28-25-21-13-11-12-14-22(21)26(29-18-10-7-2)24-19-20(15-16-23(24)25)27(4,5)8-3/h11-16,19H,6-10,17-18H2,1-5H3. The minimum atomic E-state index is 0.129. The van der Waals surface area contributed by atoms with Crippen LogP contribution in [0.2, 0.25) is 0 Å². The molecule has 3 aromatic carbocycles. The van der Waals surface area contributed by atoms with E-state index < -0.39 is 0 Å². The molecule has 0 bridgehead atoms. The fourth-order valence-electron chi connectivity index (χ4n) is 3.67. The molecule has 0 aliphatic heterocycles. The normalized spacial score (nSPS) is 11.9. The second kappa shape index (κ2) is 9.52. The number of hydrogen-bond acceptors (Lipinski definition) is 2. The Balaban J connectivity index is 2.27. The highest BCUT2D eigenvalue weighted by Crippen LogP contribution is 2.44. The van der Waals surface area contributed by atoms with Gasteiger partial charge in [-0.3, -0.25) is 0 Å². The minimum absolute atomic E-state index is 0.129. The van der Waals surface area contributed by atoms with Crippen molar-refractivity contribution in [1.82, 2.24) is 0 Å². The van der Waals surface area contributed by atoms with Crippen molar-refractivity contribution in [1.29, 1.82) is 0 Å². The van der Waals surface area contributed by atoms with Crippen LogP contribution in [0.3, 0.4) is 0 Å². The molecule has 3 aromatic rings. The number of benzene rings is 3.